The highest BCUT2D eigenvalue weighted by atomic mass is 79.9. The number of alkyl halides is 2. The van der Waals surface area contributed by atoms with E-state index in [0.717, 1.165) is 114 Å². The summed E-state index contributed by atoms with van der Waals surface area (Å²) in [7, 11) is 0. The van der Waals surface area contributed by atoms with Crippen LogP contribution in [0.15, 0.2) is 170 Å². The Morgan fingerprint density at radius 1 is 0.268 bits per heavy atom. The molecule has 0 saturated carbocycles. The van der Waals surface area contributed by atoms with Gasteiger partial charge in [-0.25, -0.2) is 52.7 Å². The average Bonchev–Trinajstić information content (AvgIpc) is 3.63. The summed E-state index contributed by atoms with van der Waals surface area (Å²) in [4.78, 5) is 0. The third-order valence-corrected chi connectivity index (χ3v) is 16.0. The second kappa shape index (κ2) is 22.3. The van der Waals surface area contributed by atoms with Crippen LogP contribution in [0.1, 0.15) is 22.3 Å². The van der Waals surface area contributed by atoms with Crippen molar-refractivity contribution in [3.63, 3.8) is 0 Å². The van der Waals surface area contributed by atoms with Crippen molar-refractivity contribution in [1.82, 2.24) is 0 Å². The van der Waals surface area contributed by atoms with Crippen molar-refractivity contribution in [3.05, 3.63) is 262 Å². The first-order chi connectivity index (χ1) is 39.4. The summed E-state index contributed by atoms with van der Waals surface area (Å²) in [5, 5.41) is 6.89. The Bertz CT molecular complexity index is 4230. The van der Waals surface area contributed by atoms with Gasteiger partial charge >= 0.3 is 0 Å². The van der Waals surface area contributed by atoms with Gasteiger partial charge in [0.15, 0.2) is 69.8 Å². The highest BCUT2D eigenvalue weighted by Crippen LogP contribution is 2.49. The van der Waals surface area contributed by atoms with Crippen molar-refractivity contribution in [3.8, 4) is 66.8 Å². The zero-order valence-corrected chi connectivity index (χ0v) is 46.0. The van der Waals surface area contributed by atoms with E-state index < -0.39 is 69.8 Å². The summed E-state index contributed by atoms with van der Waals surface area (Å²) >= 11 is 7.16. The van der Waals surface area contributed by atoms with Gasteiger partial charge in [-0.1, -0.05) is 129 Å². The van der Waals surface area contributed by atoms with E-state index in [9.17, 15) is 52.7 Å². The predicted octanol–water partition coefficient (Wildman–Crippen LogP) is 22.1. The van der Waals surface area contributed by atoms with Crippen molar-refractivity contribution in [2.45, 2.75) is 24.5 Å². The maximum atomic E-state index is 14.4. The van der Waals surface area contributed by atoms with Crippen molar-refractivity contribution in [2.24, 2.45) is 0 Å². The zero-order chi connectivity index (χ0) is 58.0. The minimum absolute atomic E-state index is 0.149. The quantitative estimate of drug-likeness (QED) is 0.0808. The van der Waals surface area contributed by atoms with Crippen LogP contribution in [0.2, 0.25) is 0 Å². The van der Waals surface area contributed by atoms with E-state index in [-0.39, 0.29) is 32.9 Å². The van der Waals surface area contributed by atoms with E-state index in [1.54, 1.807) is 24.3 Å². The highest BCUT2D eigenvalue weighted by molar-refractivity contribution is 9.08. The molecule has 82 heavy (non-hydrogen) atoms. The molecule has 0 nitrogen and oxygen atoms in total. The second-order valence-electron chi connectivity index (χ2n) is 19.6. The molecule has 0 aliphatic rings. The van der Waals surface area contributed by atoms with Gasteiger partial charge in [0.25, 0.3) is 0 Å². The van der Waals surface area contributed by atoms with Crippen LogP contribution in [-0.2, 0) is 10.7 Å². The molecule has 0 heterocycles. The molecule has 0 aliphatic heterocycles. The Balaban J connectivity index is 0.000000172. The van der Waals surface area contributed by atoms with Crippen LogP contribution in [0.4, 0.5) is 52.7 Å². The number of rotatable bonds is 8. The van der Waals surface area contributed by atoms with Gasteiger partial charge in [-0.3, -0.25) is 0 Å². The summed E-state index contributed by atoms with van der Waals surface area (Å²) in [5.74, 6) is -16.6. The van der Waals surface area contributed by atoms with Crippen LogP contribution in [-0.4, -0.2) is 0 Å². The van der Waals surface area contributed by atoms with Crippen LogP contribution in [0, 0.1) is 83.7 Å². The lowest BCUT2D eigenvalue weighted by atomic mass is 9.82. The number of hydrogen-bond acceptors (Lipinski definition) is 0. The molecule has 14 heteroatoms. The third kappa shape index (κ3) is 9.78. The van der Waals surface area contributed by atoms with Gasteiger partial charge in [0.2, 0.25) is 0 Å². The number of halogens is 14. The largest absolute Gasteiger partial charge is 0.204 e. The number of benzene rings is 12. The SMILES string of the molecule is Cc1c(-c2cc(F)c(F)c(F)c2)cc2ccccc2c1-c1c(C)c(-c2cc(F)c(F)c(F)c2)cc2ccccc12.Fc1cc(-c2cc3ccccc3c(-c3c(CBr)c(-c4cc(F)c(F)c(F)c4)cc4ccccc34)c2CBr)cc(F)c1F. The Morgan fingerprint density at radius 2 is 0.476 bits per heavy atom. The maximum Gasteiger partial charge on any atom is 0.194 e. The molecule has 12 aromatic rings. The van der Waals surface area contributed by atoms with Gasteiger partial charge in [0, 0.05) is 10.7 Å². The van der Waals surface area contributed by atoms with Crippen LogP contribution < -0.4 is 0 Å². The molecule has 0 bridgehead atoms. The lowest BCUT2D eigenvalue weighted by Gasteiger charge is -2.23. The lowest BCUT2D eigenvalue weighted by Crippen LogP contribution is -2.01. The van der Waals surface area contributed by atoms with Gasteiger partial charge in [-0.2, -0.15) is 0 Å². The summed E-state index contributed by atoms with van der Waals surface area (Å²) in [6, 6.07) is 44.8. The van der Waals surface area contributed by atoms with E-state index in [1.807, 2.05) is 111 Å². The Labute approximate surface area is 478 Å². The summed E-state index contributed by atoms with van der Waals surface area (Å²) in [6.07, 6.45) is 0. The smallest absolute Gasteiger partial charge is 0.194 e. The van der Waals surface area contributed by atoms with Crippen LogP contribution >= 0.6 is 31.9 Å². The number of hydrogen-bond donors (Lipinski definition) is 0. The molecule has 0 N–H and O–H groups in total. The second-order valence-corrected chi connectivity index (χ2v) is 20.7. The summed E-state index contributed by atoms with van der Waals surface area (Å²) < 4.78 is 170. The molecule has 12 rings (SSSR count). The average molecular weight is 1240 g/mol. The van der Waals surface area contributed by atoms with E-state index >= 15 is 0 Å². The van der Waals surface area contributed by atoms with E-state index in [2.05, 4.69) is 31.9 Å². The van der Waals surface area contributed by atoms with Crippen molar-refractivity contribution in [1.29, 1.82) is 0 Å². The minimum Gasteiger partial charge on any atom is -0.204 e. The molecule has 0 radical (unpaired) electrons. The van der Waals surface area contributed by atoms with E-state index in [0.29, 0.717) is 44.5 Å². The molecule has 0 amide bonds. The van der Waals surface area contributed by atoms with Crippen LogP contribution in [0.25, 0.3) is 110 Å². The first-order valence-corrected chi connectivity index (χ1v) is 27.5. The maximum absolute atomic E-state index is 14.4. The topological polar surface area (TPSA) is 0 Å². The molecule has 0 spiro atoms. The van der Waals surface area contributed by atoms with Crippen molar-refractivity contribution in [2.75, 3.05) is 0 Å². The third-order valence-electron chi connectivity index (χ3n) is 14.9. The van der Waals surface area contributed by atoms with Crippen molar-refractivity contribution >= 4 is 74.9 Å². The molecule has 12 aromatic carbocycles. The highest BCUT2D eigenvalue weighted by Gasteiger charge is 2.26. The fourth-order valence-electron chi connectivity index (χ4n) is 11.1. The monoisotopic (exact) mass is 1240 g/mol. The minimum atomic E-state index is -1.56. The lowest BCUT2D eigenvalue weighted by molar-refractivity contribution is 0.447. The van der Waals surface area contributed by atoms with Crippen LogP contribution in [0.5, 0.6) is 0 Å². The van der Waals surface area contributed by atoms with Gasteiger partial charge in [0.05, 0.1) is 0 Å². The van der Waals surface area contributed by atoms with Gasteiger partial charge < -0.3 is 0 Å². The Kier molecular flexibility index (Phi) is 15.1. The first-order valence-electron chi connectivity index (χ1n) is 25.2. The van der Waals surface area contributed by atoms with E-state index in [1.165, 1.54) is 0 Å². The van der Waals surface area contributed by atoms with Gasteiger partial charge in [-0.15, -0.1) is 0 Å². The molecule has 408 valence electrons. The Hall–Kier alpha value is -8.20. The number of fused-ring (bicyclic) bond motifs is 4. The predicted molar refractivity (Wildman–Crippen MR) is 310 cm³/mol. The molecular weight excluding hydrogens is 1200 g/mol. The summed E-state index contributed by atoms with van der Waals surface area (Å²) in [6.45, 7) is 3.63. The van der Waals surface area contributed by atoms with Gasteiger partial charge in [0.1, 0.15) is 0 Å². The molecule has 0 atom stereocenters. The molecule has 0 aromatic heterocycles. The molecular formula is C68H38Br2F12. The van der Waals surface area contributed by atoms with Crippen LogP contribution in [0.3, 0.4) is 0 Å². The van der Waals surface area contributed by atoms with E-state index in [4.69, 9.17) is 0 Å². The Morgan fingerprint density at radius 3 is 0.720 bits per heavy atom. The summed E-state index contributed by atoms with van der Waals surface area (Å²) in [5.41, 5.74) is 8.21. The fourth-order valence-corrected chi connectivity index (χ4v) is 12.3. The van der Waals surface area contributed by atoms with Gasteiger partial charge in [-0.05, 0) is 219 Å². The first kappa shape index (κ1) is 55.7. The standard InChI is InChI=1S/C34H18Br2F6.C34H20F6/c35-15-25-23(19-11-27(37)33(41)28(38)12-19)9-17-5-1-3-7-21(17)31(25)32-22-8-4-2-6-18(22)10-24(26(32)16-36)20-13-29(39)34(42)30(40)14-20;1-17-25(21-13-27(35)33(39)28(36)14-21)11-19-7-3-5-9-23(19)31(17)32-18(2)26(12-20-8-4-6-10-24(20)32)22-15-29(37)34(40)30(38)16-22/h1-14H,15-16H2;3-16H,1-2H3. The molecule has 0 unspecified atom stereocenters. The molecule has 0 saturated heterocycles. The molecule has 0 aliphatic carbocycles. The normalized spacial score (nSPS) is 11.5. The zero-order valence-electron chi connectivity index (χ0n) is 42.9. The fraction of sp³-hybridized carbons (Fsp3) is 0.0588. The molecule has 0 fully saturated rings. The van der Waals surface area contributed by atoms with Crippen molar-refractivity contribution < 1.29 is 52.7 Å².